The lowest BCUT2D eigenvalue weighted by Crippen LogP contribution is -2.18. The van der Waals surface area contributed by atoms with Crippen LogP contribution in [0.4, 0.5) is 0 Å². The number of nitrogens with zero attached hydrogens (tertiary/aromatic N) is 1. The molecule has 1 aromatic rings. The van der Waals surface area contributed by atoms with Crippen LogP contribution in [-0.4, -0.2) is 11.6 Å². The van der Waals surface area contributed by atoms with Crippen molar-refractivity contribution in [2.75, 3.05) is 6.61 Å². The second-order valence-corrected chi connectivity index (χ2v) is 3.33. The highest BCUT2D eigenvalue weighted by atomic mass is 16.5. The van der Waals surface area contributed by atoms with E-state index in [-0.39, 0.29) is 6.04 Å². The maximum Gasteiger partial charge on any atom is 0.115 e. The third kappa shape index (κ3) is 1.93. The van der Waals surface area contributed by atoms with Gasteiger partial charge in [-0.3, -0.25) is 4.98 Å². The summed E-state index contributed by atoms with van der Waals surface area (Å²) in [5.41, 5.74) is 6.88. The van der Waals surface area contributed by atoms with E-state index in [1.54, 1.807) is 6.20 Å². The summed E-state index contributed by atoms with van der Waals surface area (Å²) in [5, 5.41) is 0. The summed E-state index contributed by atoms with van der Waals surface area (Å²) in [5.74, 6) is 0.856. The molecule has 1 aliphatic rings. The van der Waals surface area contributed by atoms with Gasteiger partial charge in [0, 0.05) is 6.20 Å². The van der Waals surface area contributed by atoms with Crippen LogP contribution in [-0.2, 0) is 4.74 Å². The number of rotatable bonds is 2. The highest BCUT2D eigenvalue weighted by Gasteiger charge is 2.15. The summed E-state index contributed by atoms with van der Waals surface area (Å²) in [6, 6.07) is 5.53. The molecule has 74 valence electrons. The first-order valence-corrected chi connectivity index (χ1v) is 4.87. The van der Waals surface area contributed by atoms with Crippen LogP contribution < -0.4 is 5.73 Å². The maximum absolute atomic E-state index is 6.01. The Hall–Kier alpha value is -1.35. The summed E-state index contributed by atoms with van der Waals surface area (Å²) in [6.45, 7) is 0.770. The Morgan fingerprint density at radius 2 is 2.36 bits per heavy atom. The minimum atomic E-state index is -0.212. The number of pyridine rings is 1. The number of allylic oxidation sites excluding steroid dienone is 1. The van der Waals surface area contributed by atoms with Crippen molar-refractivity contribution in [2.24, 2.45) is 5.73 Å². The van der Waals surface area contributed by atoms with Gasteiger partial charge in [0.1, 0.15) is 11.8 Å². The topological polar surface area (TPSA) is 48.1 Å². The predicted molar refractivity (Wildman–Crippen MR) is 54.4 cm³/mol. The van der Waals surface area contributed by atoms with Crippen LogP contribution in [0.3, 0.4) is 0 Å². The second-order valence-electron chi connectivity index (χ2n) is 3.33. The number of hydrogen-bond acceptors (Lipinski definition) is 3. The van der Waals surface area contributed by atoms with Gasteiger partial charge in [0.15, 0.2) is 0 Å². The van der Waals surface area contributed by atoms with E-state index in [1.807, 2.05) is 18.2 Å². The van der Waals surface area contributed by atoms with Gasteiger partial charge in [-0.05, 0) is 31.1 Å². The van der Waals surface area contributed by atoms with Gasteiger partial charge in [-0.2, -0.15) is 0 Å². The molecule has 2 heterocycles. The van der Waals surface area contributed by atoms with Crippen LogP contribution in [0.1, 0.15) is 24.6 Å². The molecule has 1 aliphatic heterocycles. The summed E-state index contributed by atoms with van der Waals surface area (Å²) in [6.07, 6.45) is 5.94. The minimum Gasteiger partial charge on any atom is -0.496 e. The van der Waals surface area contributed by atoms with Crippen LogP contribution in [0, 0.1) is 0 Å². The Labute approximate surface area is 83.6 Å². The first-order chi connectivity index (χ1) is 6.88. The van der Waals surface area contributed by atoms with Crippen LogP contribution in [0.15, 0.2) is 36.2 Å². The molecule has 0 radical (unpaired) electrons. The standard InChI is InChI=1S/C11H14N2O/c12-11(9-5-1-3-7-13-9)10-6-2-4-8-14-10/h1,3,5-7,11H,2,4,8,12H2. The van der Waals surface area contributed by atoms with Crippen molar-refractivity contribution in [2.45, 2.75) is 18.9 Å². The number of aromatic nitrogens is 1. The molecule has 0 fully saturated rings. The fraction of sp³-hybridized carbons (Fsp3) is 0.364. The Kier molecular flexibility index (Phi) is 2.79. The molecule has 0 aromatic carbocycles. The third-order valence-corrected chi connectivity index (χ3v) is 2.28. The Morgan fingerprint density at radius 1 is 1.43 bits per heavy atom. The molecule has 0 bridgehead atoms. The normalized spacial score (nSPS) is 18.2. The van der Waals surface area contributed by atoms with Crippen molar-refractivity contribution in [3.05, 3.63) is 41.9 Å². The van der Waals surface area contributed by atoms with Crippen molar-refractivity contribution in [3.8, 4) is 0 Å². The van der Waals surface area contributed by atoms with E-state index >= 15 is 0 Å². The van der Waals surface area contributed by atoms with Crippen molar-refractivity contribution in [1.82, 2.24) is 4.98 Å². The SMILES string of the molecule is NC(C1=CCCCO1)c1ccccn1. The van der Waals surface area contributed by atoms with Crippen LogP contribution in [0.25, 0.3) is 0 Å². The summed E-state index contributed by atoms with van der Waals surface area (Å²) in [4.78, 5) is 4.21. The molecule has 0 amide bonds. The van der Waals surface area contributed by atoms with E-state index in [9.17, 15) is 0 Å². The largest absolute Gasteiger partial charge is 0.496 e. The zero-order chi connectivity index (χ0) is 9.80. The van der Waals surface area contributed by atoms with Gasteiger partial charge in [0.05, 0.1) is 12.3 Å². The zero-order valence-corrected chi connectivity index (χ0v) is 8.02. The van der Waals surface area contributed by atoms with E-state index in [4.69, 9.17) is 10.5 Å². The van der Waals surface area contributed by atoms with Gasteiger partial charge >= 0.3 is 0 Å². The average Bonchev–Trinajstić information content (AvgIpc) is 2.30. The molecule has 1 unspecified atom stereocenters. The first-order valence-electron chi connectivity index (χ1n) is 4.87. The fourth-order valence-electron chi connectivity index (χ4n) is 1.50. The van der Waals surface area contributed by atoms with Gasteiger partial charge in [-0.25, -0.2) is 0 Å². The molecule has 3 heteroatoms. The molecular weight excluding hydrogens is 176 g/mol. The van der Waals surface area contributed by atoms with Gasteiger partial charge < -0.3 is 10.5 Å². The second kappa shape index (κ2) is 4.24. The van der Waals surface area contributed by atoms with Gasteiger partial charge in [-0.15, -0.1) is 0 Å². The lowest BCUT2D eigenvalue weighted by molar-refractivity contribution is 0.175. The summed E-state index contributed by atoms with van der Waals surface area (Å²) < 4.78 is 5.49. The quantitative estimate of drug-likeness (QED) is 0.773. The molecule has 0 aliphatic carbocycles. The zero-order valence-electron chi connectivity index (χ0n) is 8.02. The third-order valence-electron chi connectivity index (χ3n) is 2.28. The summed E-state index contributed by atoms with van der Waals surface area (Å²) in [7, 11) is 0. The van der Waals surface area contributed by atoms with Crippen molar-refractivity contribution in [1.29, 1.82) is 0 Å². The molecule has 1 aromatic heterocycles. The number of nitrogens with two attached hydrogens (primary N) is 1. The van der Waals surface area contributed by atoms with Crippen LogP contribution >= 0.6 is 0 Å². The lowest BCUT2D eigenvalue weighted by Gasteiger charge is -2.19. The molecule has 14 heavy (non-hydrogen) atoms. The molecule has 3 nitrogen and oxygen atoms in total. The first kappa shape index (κ1) is 9.21. The van der Waals surface area contributed by atoms with E-state index in [2.05, 4.69) is 11.1 Å². The fourth-order valence-corrected chi connectivity index (χ4v) is 1.50. The van der Waals surface area contributed by atoms with E-state index in [0.29, 0.717) is 0 Å². The number of hydrogen-bond donors (Lipinski definition) is 1. The average molecular weight is 190 g/mol. The number of ether oxygens (including phenoxy) is 1. The highest BCUT2D eigenvalue weighted by molar-refractivity contribution is 5.18. The Morgan fingerprint density at radius 3 is 3.00 bits per heavy atom. The predicted octanol–water partition coefficient (Wildman–Crippen LogP) is 1.78. The highest BCUT2D eigenvalue weighted by Crippen LogP contribution is 2.21. The molecule has 0 saturated heterocycles. The summed E-state index contributed by atoms with van der Waals surface area (Å²) >= 11 is 0. The smallest absolute Gasteiger partial charge is 0.115 e. The Balaban J connectivity index is 2.15. The molecule has 2 rings (SSSR count). The van der Waals surface area contributed by atoms with Crippen LogP contribution in [0.2, 0.25) is 0 Å². The lowest BCUT2D eigenvalue weighted by atomic mass is 10.1. The van der Waals surface area contributed by atoms with E-state index in [0.717, 1.165) is 30.9 Å². The maximum atomic E-state index is 6.01. The van der Waals surface area contributed by atoms with E-state index < -0.39 is 0 Å². The molecule has 0 saturated carbocycles. The molecule has 0 spiro atoms. The van der Waals surface area contributed by atoms with Gasteiger partial charge in [-0.1, -0.05) is 6.07 Å². The molecule has 1 atom stereocenters. The van der Waals surface area contributed by atoms with E-state index in [1.165, 1.54) is 0 Å². The van der Waals surface area contributed by atoms with Crippen LogP contribution in [0.5, 0.6) is 0 Å². The van der Waals surface area contributed by atoms with Crippen molar-refractivity contribution < 1.29 is 4.74 Å². The van der Waals surface area contributed by atoms with Crippen molar-refractivity contribution in [3.63, 3.8) is 0 Å². The van der Waals surface area contributed by atoms with Gasteiger partial charge in [0.2, 0.25) is 0 Å². The molecular formula is C11H14N2O. The monoisotopic (exact) mass is 190 g/mol. The van der Waals surface area contributed by atoms with Crippen molar-refractivity contribution >= 4 is 0 Å². The van der Waals surface area contributed by atoms with Gasteiger partial charge in [0.25, 0.3) is 0 Å². The minimum absolute atomic E-state index is 0.212. The Bertz CT molecular complexity index is 321. The molecule has 2 N–H and O–H groups in total.